The summed E-state index contributed by atoms with van der Waals surface area (Å²) < 4.78 is 0. The van der Waals surface area contributed by atoms with Crippen LogP contribution in [-0.4, -0.2) is 24.4 Å². The summed E-state index contributed by atoms with van der Waals surface area (Å²) in [5.74, 6) is 1.56. The van der Waals surface area contributed by atoms with Gasteiger partial charge in [-0.3, -0.25) is 0 Å². The van der Waals surface area contributed by atoms with E-state index in [1.54, 1.807) is 0 Å². The number of hydrogen-bond acceptors (Lipinski definition) is 4. The van der Waals surface area contributed by atoms with Gasteiger partial charge in [-0.15, -0.1) is 0 Å². The average Bonchev–Trinajstić information content (AvgIpc) is 2.27. The second kappa shape index (κ2) is 5.87. The Morgan fingerprint density at radius 1 is 1.44 bits per heavy atom. The molecule has 0 saturated carbocycles. The molecule has 1 atom stereocenters. The molecular weight excluding hydrogens is 248 g/mol. The normalized spacial score (nSPS) is 19.1. The number of benzene rings is 1. The van der Waals surface area contributed by atoms with E-state index in [0.29, 0.717) is 12.3 Å². The van der Waals surface area contributed by atoms with E-state index < -0.39 is 0 Å². The Hall–Kier alpha value is -1.55. The van der Waals surface area contributed by atoms with Crippen LogP contribution >= 0.6 is 11.6 Å². The zero-order valence-corrected chi connectivity index (χ0v) is 11.1. The van der Waals surface area contributed by atoms with Gasteiger partial charge in [0.2, 0.25) is 0 Å². The first-order valence-corrected chi connectivity index (χ1v) is 6.38. The Kier molecular flexibility index (Phi) is 4.20. The third kappa shape index (κ3) is 3.74. The summed E-state index contributed by atoms with van der Waals surface area (Å²) in [6.07, 6.45) is 1.44. The number of aliphatic imine (C=N–C) groups is 2. The molecule has 0 amide bonds. The van der Waals surface area contributed by atoms with Gasteiger partial charge in [-0.1, -0.05) is 23.7 Å². The van der Waals surface area contributed by atoms with Gasteiger partial charge in [0, 0.05) is 11.6 Å². The summed E-state index contributed by atoms with van der Waals surface area (Å²) in [5, 5.41) is 4.07. The fourth-order valence-corrected chi connectivity index (χ4v) is 2.12. The lowest BCUT2D eigenvalue weighted by molar-refractivity contribution is 0.749. The lowest BCUT2D eigenvalue weighted by Crippen LogP contribution is -2.34. The van der Waals surface area contributed by atoms with Crippen LogP contribution in [0.4, 0.5) is 0 Å². The highest BCUT2D eigenvalue weighted by atomic mass is 35.5. The molecule has 0 saturated heterocycles. The van der Waals surface area contributed by atoms with Crippen molar-refractivity contribution in [3.05, 3.63) is 34.9 Å². The smallest absolute Gasteiger partial charge is 0.140 e. The molecule has 0 spiro atoms. The third-order valence-electron chi connectivity index (χ3n) is 2.68. The highest BCUT2D eigenvalue weighted by molar-refractivity contribution is 6.30. The SMILES string of the molecule is CC1N=C(N)CC(NCCc2cccc(Cl)c2)=N1. The van der Waals surface area contributed by atoms with Crippen molar-refractivity contribution in [2.24, 2.45) is 15.7 Å². The van der Waals surface area contributed by atoms with Gasteiger partial charge in [-0.05, 0) is 31.0 Å². The number of rotatable bonds is 3. The first kappa shape index (κ1) is 12.9. The molecular formula is C13H17ClN4. The van der Waals surface area contributed by atoms with Crippen LogP contribution in [0.1, 0.15) is 18.9 Å². The van der Waals surface area contributed by atoms with E-state index in [1.807, 2.05) is 25.1 Å². The van der Waals surface area contributed by atoms with E-state index in [1.165, 1.54) is 5.56 Å². The van der Waals surface area contributed by atoms with Crippen LogP contribution in [0.25, 0.3) is 0 Å². The van der Waals surface area contributed by atoms with Crippen LogP contribution in [0.5, 0.6) is 0 Å². The van der Waals surface area contributed by atoms with Gasteiger partial charge in [0.05, 0.1) is 6.42 Å². The summed E-state index contributed by atoms with van der Waals surface area (Å²) in [4.78, 5) is 8.55. The molecule has 5 heteroatoms. The minimum atomic E-state index is -0.0765. The van der Waals surface area contributed by atoms with Gasteiger partial charge in [0.1, 0.15) is 17.8 Å². The van der Waals surface area contributed by atoms with E-state index in [2.05, 4.69) is 21.4 Å². The third-order valence-corrected chi connectivity index (χ3v) is 2.91. The zero-order valence-electron chi connectivity index (χ0n) is 10.4. The van der Waals surface area contributed by atoms with Crippen molar-refractivity contribution in [2.45, 2.75) is 25.9 Å². The van der Waals surface area contributed by atoms with Crippen LogP contribution < -0.4 is 11.1 Å². The Labute approximate surface area is 112 Å². The van der Waals surface area contributed by atoms with Crippen molar-refractivity contribution in [3.63, 3.8) is 0 Å². The molecule has 1 aromatic rings. The minimum absolute atomic E-state index is 0.0765. The summed E-state index contributed by atoms with van der Waals surface area (Å²) in [6, 6.07) is 7.88. The van der Waals surface area contributed by atoms with E-state index >= 15 is 0 Å². The number of nitrogens with zero attached hydrogens (tertiary/aromatic N) is 2. The second-order valence-electron chi connectivity index (χ2n) is 4.31. The van der Waals surface area contributed by atoms with E-state index in [0.717, 1.165) is 23.8 Å². The van der Waals surface area contributed by atoms with Crippen LogP contribution in [0, 0.1) is 0 Å². The van der Waals surface area contributed by atoms with E-state index in [9.17, 15) is 0 Å². The van der Waals surface area contributed by atoms with Crippen molar-refractivity contribution in [1.29, 1.82) is 0 Å². The molecule has 0 fully saturated rings. The maximum Gasteiger partial charge on any atom is 0.140 e. The van der Waals surface area contributed by atoms with Gasteiger partial charge < -0.3 is 11.1 Å². The molecule has 1 heterocycles. The van der Waals surface area contributed by atoms with Crippen LogP contribution in [-0.2, 0) is 6.42 Å². The maximum atomic E-state index is 5.93. The fourth-order valence-electron chi connectivity index (χ4n) is 1.91. The molecule has 18 heavy (non-hydrogen) atoms. The number of nitrogens with one attached hydrogen (secondary N) is 1. The van der Waals surface area contributed by atoms with Gasteiger partial charge >= 0.3 is 0 Å². The van der Waals surface area contributed by atoms with Crippen molar-refractivity contribution in [1.82, 2.24) is 5.32 Å². The van der Waals surface area contributed by atoms with Gasteiger partial charge in [0.15, 0.2) is 0 Å². The van der Waals surface area contributed by atoms with Gasteiger partial charge in [-0.25, -0.2) is 9.98 Å². The molecule has 1 aliphatic rings. The number of amidine groups is 2. The number of halogens is 1. The molecule has 3 N–H and O–H groups in total. The van der Waals surface area contributed by atoms with Gasteiger partial charge in [-0.2, -0.15) is 0 Å². The zero-order chi connectivity index (χ0) is 13.0. The topological polar surface area (TPSA) is 62.8 Å². The lowest BCUT2D eigenvalue weighted by Gasteiger charge is -2.16. The molecule has 2 rings (SSSR count). The Balaban J connectivity index is 1.83. The molecule has 0 radical (unpaired) electrons. The van der Waals surface area contributed by atoms with Crippen molar-refractivity contribution in [3.8, 4) is 0 Å². The summed E-state index contributed by atoms with van der Waals surface area (Å²) in [7, 11) is 0. The summed E-state index contributed by atoms with van der Waals surface area (Å²) in [6.45, 7) is 2.74. The maximum absolute atomic E-state index is 5.93. The molecule has 0 aliphatic carbocycles. The Morgan fingerprint density at radius 3 is 3.00 bits per heavy atom. The minimum Gasteiger partial charge on any atom is -0.387 e. The Morgan fingerprint density at radius 2 is 2.28 bits per heavy atom. The summed E-state index contributed by atoms with van der Waals surface area (Å²) >= 11 is 5.93. The molecule has 1 unspecified atom stereocenters. The fraction of sp³-hybridized carbons (Fsp3) is 0.385. The largest absolute Gasteiger partial charge is 0.387 e. The second-order valence-corrected chi connectivity index (χ2v) is 4.75. The molecule has 0 aromatic heterocycles. The molecule has 4 nitrogen and oxygen atoms in total. The van der Waals surface area contributed by atoms with Crippen LogP contribution in [0.3, 0.4) is 0 Å². The predicted octanol–water partition coefficient (Wildman–Crippen LogP) is 1.98. The Bertz CT molecular complexity index is 482. The highest BCUT2D eigenvalue weighted by Crippen LogP contribution is 2.10. The lowest BCUT2D eigenvalue weighted by atomic mass is 10.1. The standard InChI is InChI=1S/C13H17ClN4/c1-9-17-12(15)8-13(18-9)16-6-5-10-3-2-4-11(14)7-10/h2-4,7,9H,5-6,8H2,1H3,(H2,15,17)(H,16,18). The quantitative estimate of drug-likeness (QED) is 0.877. The first-order valence-electron chi connectivity index (χ1n) is 6.00. The number of hydrogen-bond donors (Lipinski definition) is 2. The van der Waals surface area contributed by atoms with Crippen molar-refractivity contribution < 1.29 is 0 Å². The predicted molar refractivity (Wildman–Crippen MR) is 76.3 cm³/mol. The van der Waals surface area contributed by atoms with E-state index in [-0.39, 0.29) is 6.17 Å². The highest BCUT2D eigenvalue weighted by Gasteiger charge is 2.10. The van der Waals surface area contributed by atoms with Gasteiger partial charge in [0.25, 0.3) is 0 Å². The monoisotopic (exact) mass is 264 g/mol. The average molecular weight is 265 g/mol. The van der Waals surface area contributed by atoms with Crippen LogP contribution in [0.2, 0.25) is 5.02 Å². The molecule has 1 aliphatic heterocycles. The molecule has 96 valence electrons. The van der Waals surface area contributed by atoms with Crippen LogP contribution in [0.15, 0.2) is 34.3 Å². The van der Waals surface area contributed by atoms with Crippen molar-refractivity contribution >= 4 is 23.3 Å². The van der Waals surface area contributed by atoms with E-state index in [4.69, 9.17) is 17.3 Å². The molecule has 1 aromatic carbocycles. The first-order chi connectivity index (χ1) is 8.63. The summed E-state index contributed by atoms with van der Waals surface area (Å²) in [5.41, 5.74) is 6.94. The number of nitrogens with two attached hydrogens (primary N) is 1. The molecule has 0 bridgehead atoms. The van der Waals surface area contributed by atoms with Crippen molar-refractivity contribution in [2.75, 3.05) is 6.54 Å².